The fourth-order valence-electron chi connectivity index (χ4n) is 2.46. The maximum Gasteiger partial charge on any atom is 0.308 e. The molecular weight excluding hydrogens is 275 g/mol. The molecule has 1 atom stereocenters. The van der Waals surface area contributed by atoms with E-state index in [-0.39, 0.29) is 30.9 Å². The first kappa shape index (κ1) is 15.9. The quantitative estimate of drug-likeness (QED) is 0.823. The fourth-order valence-corrected chi connectivity index (χ4v) is 2.46. The number of rotatable bonds is 5. The van der Waals surface area contributed by atoms with Crippen LogP contribution in [0.4, 0.5) is 4.39 Å². The molecule has 1 heterocycles. The van der Waals surface area contributed by atoms with Crippen molar-refractivity contribution in [3.63, 3.8) is 0 Å². The summed E-state index contributed by atoms with van der Waals surface area (Å²) < 4.78 is 23.6. The number of carbonyl (C=O) groups is 1. The number of benzene rings is 1. The van der Waals surface area contributed by atoms with E-state index in [2.05, 4.69) is 9.64 Å². The Hall–Kier alpha value is -1.50. The number of carbonyl (C=O) groups excluding carboxylic acids is 1. The van der Waals surface area contributed by atoms with Crippen molar-refractivity contribution >= 4 is 5.97 Å². The Morgan fingerprint density at radius 3 is 3.10 bits per heavy atom. The molecule has 1 aromatic carbocycles. The topological polar surface area (TPSA) is 64.8 Å². The van der Waals surface area contributed by atoms with Gasteiger partial charge < -0.3 is 15.2 Å². The van der Waals surface area contributed by atoms with Gasteiger partial charge in [0.1, 0.15) is 5.82 Å². The molecule has 5 nitrogen and oxygen atoms in total. The molecule has 1 unspecified atom stereocenters. The summed E-state index contributed by atoms with van der Waals surface area (Å²) in [6.07, 6.45) is 0.102. The Bertz CT molecular complexity index is 496. The molecule has 1 aliphatic heterocycles. The molecule has 0 aliphatic carbocycles. The predicted octanol–water partition coefficient (Wildman–Crippen LogP) is 1.05. The zero-order valence-corrected chi connectivity index (χ0v) is 12.2. The van der Waals surface area contributed by atoms with E-state index in [0.717, 1.165) is 12.1 Å². The fraction of sp³-hybridized carbons (Fsp3) is 0.533. The minimum atomic E-state index is -0.271. The minimum absolute atomic E-state index is 0.152. The summed E-state index contributed by atoms with van der Waals surface area (Å²) in [6.45, 7) is 2.89. The zero-order valence-electron chi connectivity index (χ0n) is 12.2. The third kappa shape index (κ3) is 4.49. The van der Waals surface area contributed by atoms with Gasteiger partial charge in [0.25, 0.3) is 0 Å². The van der Waals surface area contributed by atoms with Gasteiger partial charge >= 0.3 is 5.97 Å². The van der Waals surface area contributed by atoms with E-state index in [1.165, 1.54) is 13.2 Å². The highest BCUT2D eigenvalue weighted by molar-refractivity contribution is 5.69. The van der Waals surface area contributed by atoms with Gasteiger partial charge in [-0.1, -0.05) is 12.1 Å². The average molecular weight is 296 g/mol. The molecule has 0 aromatic heterocycles. The summed E-state index contributed by atoms with van der Waals surface area (Å²) in [5, 5.41) is 0. The molecule has 0 saturated carbocycles. The Morgan fingerprint density at radius 1 is 1.57 bits per heavy atom. The van der Waals surface area contributed by atoms with Gasteiger partial charge in [-0.05, 0) is 11.6 Å². The Kier molecular flexibility index (Phi) is 5.67. The van der Waals surface area contributed by atoms with Gasteiger partial charge in [-0.15, -0.1) is 0 Å². The van der Waals surface area contributed by atoms with E-state index >= 15 is 0 Å². The van der Waals surface area contributed by atoms with E-state index in [4.69, 9.17) is 10.5 Å². The molecule has 0 radical (unpaired) electrons. The van der Waals surface area contributed by atoms with Crippen LogP contribution in [0.2, 0.25) is 0 Å². The molecule has 2 N–H and O–H groups in total. The van der Waals surface area contributed by atoms with E-state index in [0.29, 0.717) is 25.3 Å². The predicted molar refractivity (Wildman–Crippen MR) is 75.9 cm³/mol. The van der Waals surface area contributed by atoms with Crippen molar-refractivity contribution in [2.75, 3.05) is 26.8 Å². The first-order valence-electron chi connectivity index (χ1n) is 7.00. The van der Waals surface area contributed by atoms with Crippen LogP contribution in [-0.4, -0.2) is 43.8 Å². The number of ether oxygens (including phenoxy) is 2. The normalized spacial score (nSPS) is 19.5. The molecule has 2 rings (SSSR count). The molecule has 6 heteroatoms. The van der Waals surface area contributed by atoms with E-state index < -0.39 is 0 Å². The first-order valence-corrected chi connectivity index (χ1v) is 7.00. The van der Waals surface area contributed by atoms with Crippen molar-refractivity contribution in [1.29, 1.82) is 0 Å². The SMILES string of the molecule is COC(=O)CC1CN(Cc2ccc(F)c(CN)c2)CCO1. The zero-order chi connectivity index (χ0) is 15.2. The summed E-state index contributed by atoms with van der Waals surface area (Å²) in [6, 6.07) is 5.00. The number of halogens is 1. The number of nitrogens with zero attached hydrogens (tertiary/aromatic N) is 1. The van der Waals surface area contributed by atoms with Gasteiger partial charge in [0.2, 0.25) is 0 Å². The summed E-state index contributed by atoms with van der Waals surface area (Å²) in [4.78, 5) is 13.5. The maximum atomic E-state index is 13.4. The van der Waals surface area contributed by atoms with Crippen LogP contribution in [0.25, 0.3) is 0 Å². The van der Waals surface area contributed by atoms with Crippen molar-refractivity contribution in [3.8, 4) is 0 Å². The average Bonchev–Trinajstić information content (AvgIpc) is 2.49. The van der Waals surface area contributed by atoms with E-state index in [9.17, 15) is 9.18 Å². The number of hydrogen-bond acceptors (Lipinski definition) is 5. The second-order valence-corrected chi connectivity index (χ2v) is 5.14. The summed E-state index contributed by atoms with van der Waals surface area (Å²) in [5.74, 6) is -0.541. The first-order chi connectivity index (χ1) is 10.1. The maximum absolute atomic E-state index is 13.4. The molecule has 0 spiro atoms. The molecule has 1 aromatic rings. The standard InChI is InChI=1S/C15H21FN2O3/c1-20-15(19)7-13-10-18(4-5-21-13)9-11-2-3-14(16)12(6-11)8-17/h2-3,6,13H,4-5,7-10,17H2,1H3. The van der Waals surface area contributed by atoms with Crippen LogP contribution in [0.1, 0.15) is 17.5 Å². The lowest BCUT2D eigenvalue weighted by Crippen LogP contribution is -2.42. The lowest BCUT2D eigenvalue weighted by molar-refractivity contribution is -0.145. The molecule has 1 aliphatic rings. The van der Waals surface area contributed by atoms with Crippen molar-refractivity contribution in [2.45, 2.75) is 25.6 Å². The van der Waals surface area contributed by atoms with Gasteiger partial charge in [-0.3, -0.25) is 9.69 Å². The molecule has 0 amide bonds. The second kappa shape index (κ2) is 7.49. The van der Waals surface area contributed by atoms with Gasteiger partial charge in [0.05, 0.1) is 26.2 Å². The Morgan fingerprint density at radius 2 is 2.38 bits per heavy atom. The molecule has 1 fully saturated rings. The number of hydrogen-bond donors (Lipinski definition) is 1. The number of esters is 1. The number of morpholine rings is 1. The van der Waals surface area contributed by atoms with Gasteiger partial charge in [0.15, 0.2) is 0 Å². The van der Waals surface area contributed by atoms with Crippen LogP contribution in [0.5, 0.6) is 0 Å². The summed E-state index contributed by atoms with van der Waals surface area (Å²) in [7, 11) is 1.37. The lowest BCUT2D eigenvalue weighted by atomic mass is 10.1. The monoisotopic (exact) mass is 296 g/mol. The summed E-state index contributed by atoms with van der Waals surface area (Å²) >= 11 is 0. The lowest BCUT2D eigenvalue weighted by Gasteiger charge is -2.32. The highest BCUT2D eigenvalue weighted by Crippen LogP contribution is 2.15. The Balaban J connectivity index is 1.94. The minimum Gasteiger partial charge on any atom is -0.469 e. The number of methoxy groups -OCH3 is 1. The van der Waals surface area contributed by atoms with Crippen molar-refractivity contribution in [2.24, 2.45) is 5.73 Å². The van der Waals surface area contributed by atoms with Gasteiger partial charge in [-0.25, -0.2) is 4.39 Å². The molecule has 21 heavy (non-hydrogen) atoms. The van der Waals surface area contributed by atoms with Crippen molar-refractivity contribution in [1.82, 2.24) is 4.90 Å². The highest BCUT2D eigenvalue weighted by Gasteiger charge is 2.23. The van der Waals surface area contributed by atoms with Crippen LogP contribution < -0.4 is 5.73 Å². The van der Waals surface area contributed by atoms with E-state index in [1.807, 2.05) is 0 Å². The van der Waals surface area contributed by atoms with Gasteiger partial charge in [0, 0.05) is 31.7 Å². The third-order valence-electron chi connectivity index (χ3n) is 3.58. The van der Waals surface area contributed by atoms with Crippen LogP contribution in [0.15, 0.2) is 18.2 Å². The highest BCUT2D eigenvalue weighted by atomic mass is 19.1. The Labute approximate surface area is 123 Å². The van der Waals surface area contributed by atoms with Crippen LogP contribution in [0.3, 0.4) is 0 Å². The van der Waals surface area contributed by atoms with E-state index in [1.54, 1.807) is 12.1 Å². The van der Waals surface area contributed by atoms with Crippen LogP contribution >= 0.6 is 0 Å². The summed E-state index contributed by atoms with van der Waals surface area (Å²) in [5.41, 5.74) is 7.05. The third-order valence-corrected chi connectivity index (χ3v) is 3.58. The molecular formula is C15H21FN2O3. The van der Waals surface area contributed by atoms with Gasteiger partial charge in [-0.2, -0.15) is 0 Å². The molecule has 1 saturated heterocycles. The van der Waals surface area contributed by atoms with Crippen LogP contribution in [-0.2, 0) is 27.4 Å². The van der Waals surface area contributed by atoms with Crippen molar-refractivity contribution < 1.29 is 18.7 Å². The van der Waals surface area contributed by atoms with Crippen LogP contribution in [0, 0.1) is 5.82 Å². The second-order valence-electron chi connectivity index (χ2n) is 5.14. The molecule has 116 valence electrons. The largest absolute Gasteiger partial charge is 0.469 e. The van der Waals surface area contributed by atoms with Crippen molar-refractivity contribution in [3.05, 3.63) is 35.1 Å². The number of nitrogens with two attached hydrogens (primary N) is 1. The smallest absolute Gasteiger partial charge is 0.308 e. The molecule has 0 bridgehead atoms.